The van der Waals surface area contributed by atoms with Crippen molar-refractivity contribution in [1.82, 2.24) is 0 Å². The van der Waals surface area contributed by atoms with E-state index in [1.54, 1.807) is 0 Å². The second kappa shape index (κ2) is 16.2. The van der Waals surface area contributed by atoms with E-state index in [9.17, 15) is 0 Å². The summed E-state index contributed by atoms with van der Waals surface area (Å²) in [5.74, 6) is 0. The van der Waals surface area contributed by atoms with E-state index < -0.39 is 0 Å². The average Bonchev–Trinajstić information content (AvgIpc) is 0. The molecule has 0 bridgehead atoms. The van der Waals surface area contributed by atoms with Crippen LogP contribution in [0.15, 0.2) is 0 Å². The second-order valence-corrected chi connectivity index (χ2v) is 0. The van der Waals surface area contributed by atoms with Crippen LogP contribution in [-0.2, 0) is 0 Å². The molecule has 0 radical (unpaired) electrons. The first-order valence-corrected chi connectivity index (χ1v) is 0. The minimum absolute atomic E-state index is 0. The van der Waals surface area contributed by atoms with Crippen LogP contribution in [0.2, 0.25) is 0 Å². The Morgan fingerprint density at radius 3 is 0.750 bits per heavy atom. The standard InChI is InChI=1S/Ca.2ClH.Sr.2H/h;2*1H;;;/q;;;+2;;/p-2. The molecule has 0 atom stereocenters. The Morgan fingerprint density at radius 1 is 0.750 bits per heavy atom. The summed E-state index contributed by atoms with van der Waals surface area (Å²) in [5, 5.41) is 0. The van der Waals surface area contributed by atoms with E-state index >= 15 is 0 Å². The first-order valence-electron chi connectivity index (χ1n) is 0. The van der Waals surface area contributed by atoms with Gasteiger partial charge in [-0.3, -0.25) is 0 Å². The molecule has 20 valence electrons. The Morgan fingerprint density at radius 2 is 0.750 bits per heavy atom. The Bertz CT molecular complexity index is 6.00. The van der Waals surface area contributed by atoms with E-state index in [0.29, 0.717) is 0 Å². The van der Waals surface area contributed by atoms with Crippen LogP contribution in [0.4, 0.5) is 0 Å². The minimum atomic E-state index is 0. The summed E-state index contributed by atoms with van der Waals surface area (Å²) < 4.78 is 0. The van der Waals surface area contributed by atoms with Crippen LogP contribution in [-0.4, -0.2) is 83.2 Å². The molecule has 4 heavy (non-hydrogen) atoms. The number of hydrogen-bond acceptors (Lipinski definition) is 0. The van der Waals surface area contributed by atoms with Gasteiger partial charge in [-0.05, 0) is 0 Å². The van der Waals surface area contributed by atoms with Gasteiger partial charge in [-0.25, -0.2) is 0 Å². The summed E-state index contributed by atoms with van der Waals surface area (Å²) in [6, 6.07) is 0. The summed E-state index contributed by atoms with van der Waals surface area (Å²) in [7, 11) is 0. The first-order chi connectivity index (χ1) is 0. The predicted octanol–water partition coefficient (Wildman–Crippen LogP) is -7.29. The molecule has 0 rings (SSSR count). The van der Waals surface area contributed by atoms with Gasteiger partial charge in [0.1, 0.15) is 0 Å². The molecule has 0 saturated heterocycles. The van der Waals surface area contributed by atoms with E-state index in [1.807, 2.05) is 0 Å². The summed E-state index contributed by atoms with van der Waals surface area (Å²) in [5.41, 5.74) is 0. The van der Waals surface area contributed by atoms with Gasteiger partial charge in [0.05, 0.1) is 0 Å². The van der Waals surface area contributed by atoms with Gasteiger partial charge in [0.2, 0.25) is 0 Å². The molecule has 0 aliphatic rings. The number of hydrogen-bond donors (Lipinski definition) is 0. The maximum Gasteiger partial charge on any atom is 2.00 e. The maximum absolute atomic E-state index is 0. The fourth-order valence-electron chi connectivity index (χ4n) is 0. The molecule has 0 amide bonds. The van der Waals surface area contributed by atoms with Gasteiger partial charge < -0.3 is 24.8 Å². The molecule has 0 spiro atoms. The molecule has 0 aromatic heterocycles. The van der Waals surface area contributed by atoms with Crippen molar-refractivity contribution in [3.63, 3.8) is 0 Å². The molecule has 0 fully saturated rings. The fraction of sp³-hybridized carbons (Fsp3) is 0. The van der Waals surface area contributed by atoms with Crippen molar-refractivity contribution < 1.29 is 24.8 Å². The van der Waals surface area contributed by atoms with Gasteiger partial charge in [0.25, 0.3) is 0 Å². The zero-order valence-electron chi connectivity index (χ0n) is 1.46. The SMILES string of the molecule is [CaH2].[Cl-].[Cl-].[Sr+2]. The predicted molar refractivity (Wildman–Crippen MR) is 14.3 cm³/mol. The normalized spacial score (nSPS) is 0. The molecular weight excluding hydrogens is 199 g/mol. The Balaban J connectivity index is 0. The van der Waals surface area contributed by atoms with Gasteiger partial charge in [-0.1, -0.05) is 0 Å². The quantitative estimate of drug-likeness (QED) is 0.341. The molecule has 0 saturated carbocycles. The van der Waals surface area contributed by atoms with Crippen LogP contribution < -0.4 is 24.8 Å². The summed E-state index contributed by atoms with van der Waals surface area (Å²) in [4.78, 5) is 0. The van der Waals surface area contributed by atoms with Crippen LogP contribution in [0.1, 0.15) is 0 Å². The molecule has 0 aliphatic carbocycles. The van der Waals surface area contributed by atoms with Crippen LogP contribution in [0.25, 0.3) is 0 Å². The molecule has 0 aliphatic heterocycles. The molecule has 0 nitrogen and oxygen atoms in total. The third kappa shape index (κ3) is 9.01. The van der Waals surface area contributed by atoms with Crippen molar-refractivity contribution in [2.75, 3.05) is 0 Å². The zero-order chi connectivity index (χ0) is 0. The average molecular weight is 201 g/mol. The van der Waals surface area contributed by atoms with Crippen LogP contribution in [0, 0.1) is 0 Å². The van der Waals surface area contributed by atoms with Crippen LogP contribution in [0.5, 0.6) is 0 Å². The molecule has 0 heterocycles. The Labute approximate surface area is 105 Å². The molecule has 0 aromatic rings. The third-order valence-corrected chi connectivity index (χ3v) is 0. The minimum Gasteiger partial charge on any atom is -1.00 e. The third-order valence-electron chi connectivity index (χ3n) is 0. The first kappa shape index (κ1) is 26.5. The van der Waals surface area contributed by atoms with E-state index in [1.165, 1.54) is 0 Å². The van der Waals surface area contributed by atoms with E-state index in [4.69, 9.17) is 0 Å². The Hall–Kier alpha value is 3.32. The van der Waals surface area contributed by atoms with Crippen LogP contribution >= 0.6 is 0 Å². The molecule has 0 unspecified atom stereocenters. The second-order valence-electron chi connectivity index (χ2n) is 0. The molecular formula is H2CaCl2Sr. The van der Waals surface area contributed by atoms with Gasteiger partial charge >= 0.3 is 83.2 Å². The summed E-state index contributed by atoms with van der Waals surface area (Å²) in [6.45, 7) is 0. The topological polar surface area (TPSA) is 0 Å². The zero-order valence-corrected chi connectivity index (χ0v) is 6.45. The Kier molecular flexibility index (Phi) is 108. The van der Waals surface area contributed by atoms with E-state index in [2.05, 4.69) is 0 Å². The number of rotatable bonds is 0. The van der Waals surface area contributed by atoms with Crippen molar-refractivity contribution >= 4 is 83.2 Å². The van der Waals surface area contributed by atoms with Gasteiger partial charge in [0, 0.05) is 0 Å². The van der Waals surface area contributed by atoms with Gasteiger partial charge in [-0.15, -0.1) is 0 Å². The molecule has 4 heteroatoms. The van der Waals surface area contributed by atoms with Crippen molar-refractivity contribution in [2.45, 2.75) is 0 Å². The number of halogens is 2. The summed E-state index contributed by atoms with van der Waals surface area (Å²) >= 11 is 0. The molecule has 0 aromatic carbocycles. The smallest absolute Gasteiger partial charge is 1.00 e. The molecule has 0 N–H and O–H groups in total. The van der Waals surface area contributed by atoms with Crippen molar-refractivity contribution in [3.05, 3.63) is 0 Å². The van der Waals surface area contributed by atoms with E-state index in [0.717, 1.165) is 0 Å². The van der Waals surface area contributed by atoms with Gasteiger partial charge in [0.15, 0.2) is 0 Å². The monoisotopic (exact) mass is 200 g/mol. The fourth-order valence-corrected chi connectivity index (χ4v) is 0. The summed E-state index contributed by atoms with van der Waals surface area (Å²) in [6.07, 6.45) is 0. The van der Waals surface area contributed by atoms with Crippen molar-refractivity contribution in [2.24, 2.45) is 0 Å². The van der Waals surface area contributed by atoms with E-state index in [-0.39, 0.29) is 108 Å². The van der Waals surface area contributed by atoms with Gasteiger partial charge in [-0.2, -0.15) is 0 Å². The van der Waals surface area contributed by atoms with Crippen LogP contribution in [0.3, 0.4) is 0 Å². The van der Waals surface area contributed by atoms with Crippen molar-refractivity contribution in [1.29, 1.82) is 0 Å². The largest absolute Gasteiger partial charge is 2.00 e. The van der Waals surface area contributed by atoms with Crippen molar-refractivity contribution in [3.8, 4) is 0 Å². The maximum atomic E-state index is 0.